The van der Waals surface area contributed by atoms with E-state index < -0.39 is 5.97 Å². The Balaban J connectivity index is 1.32. The second-order valence-electron chi connectivity index (χ2n) is 8.71. The van der Waals surface area contributed by atoms with Crippen molar-refractivity contribution in [3.8, 4) is 11.1 Å². The first kappa shape index (κ1) is 19.5. The monoisotopic (exact) mass is 415 g/mol. The van der Waals surface area contributed by atoms with Crippen molar-refractivity contribution in [1.82, 2.24) is 9.78 Å². The normalized spacial score (nSPS) is 20.2. The van der Waals surface area contributed by atoms with Gasteiger partial charge in [0.2, 0.25) is 5.91 Å². The lowest BCUT2D eigenvalue weighted by Crippen LogP contribution is -2.17. The van der Waals surface area contributed by atoms with Crippen molar-refractivity contribution in [3.05, 3.63) is 71.5 Å². The third kappa shape index (κ3) is 3.85. The van der Waals surface area contributed by atoms with Crippen molar-refractivity contribution in [2.45, 2.75) is 44.6 Å². The van der Waals surface area contributed by atoms with Gasteiger partial charge in [-0.3, -0.25) is 9.48 Å². The van der Waals surface area contributed by atoms with Crippen molar-refractivity contribution in [1.29, 1.82) is 0 Å². The van der Waals surface area contributed by atoms with E-state index in [1.807, 2.05) is 29.9 Å². The zero-order valence-corrected chi connectivity index (χ0v) is 17.4. The molecule has 158 valence electrons. The van der Waals surface area contributed by atoms with Gasteiger partial charge in [-0.15, -0.1) is 0 Å². The highest BCUT2D eigenvalue weighted by atomic mass is 16.4. The highest BCUT2D eigenvalue weighted by Crippen LogP contribution is 2.48. The molecular weight excluding hydrogens is 390 g/mol. The SMILES string of the molecule is Cc1cccc(C2CC2C(=O)Nc2ccc(-c3cnn(C4CCC4)c3)c(C(=O)O)c2)c1. The molecule has 6 nitrogen and oxygen atoms in total. The van der Waals surface area contributed by atoms with E-state index in [2.05, 4.69) is 22.5 Å². The summed E-state index contributed by atoms with van der Waals surface area (Å²) in [5.41, 5.74) is 4.43. The van der Waals surface area contributed by atoms with Gasteiger partial charge in [-0.1, -0.05) is 35.9 Å². The number of aromatic carboxylic acids is 1. The van der Waals surface area contributed by atoms with Crippen LogP contribution in [0.5, 0.6) is 0 Å². The minimum atomic E-state index is -1.02. The fourth-order valence-corrected chi connectivity index (χ4v) is 4.37. The Morgan fingerprint density at radius 1 is 1.16 bits per heavy atom. The van der Waals surface area contributed by atoms with Gasteiger partial charge in [-0.25, -0.2) is 4.79 Å². The first-order valence-electron chi connectivity index (χ1n) is 10.8. The summed E-state index contributed by atoms with van der Waals surface area (Å²) in [5.74, 6) is -0.925. The molecule has 2 N–H and O–H groups in total. The lowest BCUT2D eigenvalue weighted by molar-refractivity contribution is -0.117. The molecule has 0 radical (unpaired) electrons. The summed E-state index contributed by atoms with van der Waals surface area (Å²) in [5, 5.41) is 17.1. The maximum absolute atomic E-state index is 12.7. The third-order valence-corrected chi connectivity index (χ3v) is 6.48. The smallest absolute Gasteiger partial charge is 0.336 e. The van der Waals surface area contributed by atoms with Crippen LogP contribution in [0, 0.1) is 12.8 Å². The third-order valence-electron chi connectivity index (χ3n) is 6.48. The Morgan fingerprint density at radius 3 is 2.71 bits per heavy atom. The summed E-state index contributed by atoms with van der Waals surface area (Å²) in [7, 11) is 0. The molecule has 31 heavy (non-hydrogen) atoms. The van der Waals surface area contributed by atoms with Gasteiger partial charge in [-0.2, -0.15) is 5.10 Å². The van der Waals surface area contributed by atoms with Gasteiger partial charge in [0.1, 0.15) is 0 Å². The molecule has 1 heterocycles. The number of aromatic nitrogens is 2. The van der Waals surface area contributed by atoms with Crippen LogP contribution in [0.15, 0.2) is 54.9 Å². The van der Waals surface area contributed by atoms with Crippen molar-refractivity contribution >= 4 is 17.6 Å². The van der Waals surface area contributed by atoms with E-state index in [1.165, 1.54) is 17.5 Å². The molecule has 2 aliphatic carbocycles. The molecule has 1 aromatic heterocycles. The number of carboxylic acids is 1. The zero-order valence-electron chi connectivity index (χ0n) is 17.4. The number of hydrogen-bond acceptors (Lipinski definition) is 3. The molecule has 0 bridgehead atoms. The highest BCUT2D eigenvalue weighted by Gasteiger charge is 2.44. The first-order chi connectivity index (χ1) is 15.0. The fourth-order valence-electron chi connectivity index (χ4n) is 4.37. The van der Waals surface area contributed by atoms with Crippen LogP contribution in [0.1, 0.15) is 59.1 Å². The summed E-state index contributed by atoms with van der Waals surface area (Å²) in [4.78, 5) is 24.6. The molecule has 2 saturated carbocycles. The minimum Gasteiger partial charge on any atom is -0.478 e. The molecule has 6 heteroatoms. The first-order valence-corrected chi connectivity index (χ1v) is 10.8. The quantitative estimate of drug-likeness (QED) is 0.592. The lowest BCUT2D eigenvalue weighted by Gasteiger charge is -2.25. The average Bonchev–Trinajstić information content (AvgIpc) is 3.38. The summed E-state index contributed by atoms with van der Waals surface area (Å²) < 4.78 is 1.93. The van der Waals surface area contributed by atoms with E-state index >= 15 is 0 Å². The molecule has 2 aliphatic rings. The van der Waals surface area contributed by atoms with Crippen LogP contribution >= 0.6 is 0 Å². The molecule has 0 spiro atoms. The highest BCUT2D eigenvalue weighted by molar-refractivity contribution is 6.00. The number of carbonyl (C=O) groups excluding carboxylic acids is 1. The number of carbonyl (C=O) groups is 2. The number of hydrogen-bond donors (Lipinski definition) is 2. The Bertz CT molecular complexity index is 1160. The van der Waals surface area contributed by atoms with Gasteiger partial charge in [0, 0.05) is 23.4 Å². The summed E-state index contributed by atoms with van der Waals surface area (Å²) in [6, 6.07) is 13.7. The number of nitrogens with one attached hydrogen (secondary N) is 1. The molecule has 3 aromatic rings. The number of nitrogens with zero attached hydrogens (tertiary/aromatic N) is 2. The Labute approximate surface area is 180 Å². The average molecular weight is 415 g/mol. The van der Waals surface area contributed by atoms with Crippen LogP contribution < -0.4 is 5.32 Å². The second-order valence-corrected chi connectivity index (χ2v) is 8.71. The molecule has 1 amide bonds. The van der Waals surface area contributed by atoms with Crippen LogP contribution in [0.2, 0.25) is 0 Å². The number of anilines is 1. The Kier molecular flexibility index (Phi) is 4.85. The van der Waals surface area contributed by atoms with Crippen LogP contribution in [0.25, 0.3) is 11.1 Å². The van der Waals surface area contributed by atoms with Crippen molar-refractivity contribution in [2.75, 3.05) is 5.32 Å². The van der Waals surface area contributed by atoms with Gasteiger partial charge in [0.15, 0.2) is 0 Å². The second kappa shape index (κ2) is 7.69. The van der Waals surface area contributed by atoms with Gasteiger partial charge >= 0.3 is 5.97 Å². The Hall–Kier alpha value is -3.41. The number of benzene rings is 2. The number of aryl methyl sites for hydroxylation is 1. The van der Waals surface area contributed by atoms with E-state index in [4.69, 9.17) is 0 Å². The van der Waals surface area contributed by atoms with Crippen LogP contribution in [0.4, 0.5) is 5.69 Å². The van der Waals surface area contributed by atoms with Crippen LogP contribution in [-0.2, 0) is 4.79 Å². The predicted octanol–water partition coefficient (Wildman–Crippen LogP) is 5.02. The maximum Gasteiger partial charge on any atom is 0.336 e. The number of rotatable bonds is 6. The van der Waals surface area contributed by atoms with E-state index in [0.29, 0.717) is 17.3 Å². The molecule has 2 unspecified atom stereocenters. The minimum absolute atomic E-state index is 0.0617. The number of amides is 1. The molecule has 0 aliphatic heterocycles. The molecule has 0 saturated heterocycles. The zero-order chi connectivity index (χ0) is 21.5. The van der Waals surface area contributed by atoms with E-state index in [0.717, 1.165) is 24.8 Å². The van der Waals surface area contributed by atoms with Gasteiger partial charge in [0.25, 0.3) is 0 Å². The van der Waals surface area contributed by atoms with Crippen molar-refractivity contribution in [2.24, 2.45) is 5.92 Å². The summed E-state index contributed by atoms with van der Waals surface area (Å²) in [6.45, 7) is 2.05. The van der Waals surface area contributed by atoms with E-state index in [9.17, 15) is 14.7 Å². The fraction of sp³-hybridized carbons (Fsp3) is 0.320. The van der Waals surface area contributed by atoms with Crippen LogP contribution in [0.3, 0.4) is 0 Å². The Morgan fingerprint density at radius 2 is 2.00 bits per heavy atom. The van der Waals surface area contributed by atoms with Crippen LogP contribution in [-0.4, -0.2) is 26.8 Å². The van der Waals surface area contributed by atoms with Gasteiger partial charge in [-0.05, 0) is 61.8 Å². The standard InChI is InChI=1S/C25H25N3O3/c1-15-4-2-5-16(10-15)21-12-22(21)24(29)27-18-8-9-20(23(11-18)25(30)31)17-13-26-28(14-17)19-6-3-7-19/h2,4-5,8-11,13-14,19,21-22H,3,6-7,12H2,1H3,(H,27,29)(H,30,31). The molecule has 2 atom stereocenters. The lowest BCUT2D eigenvalue weighted by atomic mass is 9.93. The molecule has 2 fully saturated rings. The predicted molar refractivity (Wildman–Crippen MR) is 118 cm³/mol. The summed E-state index contributed by atoms with van der Waals surface area (Å²) >= 11 is 0. The summed E-state index contributed by atoms with van der Waals surface area (Å²) in [6.07, 6.45) is 7.89. The van der Waals surface area contributed by atoms with E-state index in [1.54, 1.807) is 24.4 Å². The largest absolute Gasteiger partial charge is 0.478 e. The maximum atomic E-state index is 12.7. The molecule has 2 aromatic carbocycles. The number of carboxylic acid groups (broad SMARTS) is 1. The van der Waals surface area contributed by atoms with Crippen molar-refractivity contribution < 1.29 is 14.7 Å². The van der Waals surface area contributed by atoms with Gasteiger partial charge in [0.05, 0.1) is 17.8 Å². The van der Waals surface area contributed by atoms with Crippen molar-refractivity contribution in [3.63, 3.8) is 0 Å². The van der Waals surface area contributed by atoms with Gasteiger partial charge < -0.3 is 10.4 Å². The topological polar surface area (TPSA) is 84.2 Å². The van der Waals surface area contributed by atoms with E-state index in [-0.39, 0.29) is 23.3 Å². The molecular formula is C25H25N3O3. The molecule has 5 rings (SSSR count).